The van der Waals surface area contributed by atoms with Crippen LogP contribution in [0.2, 0.25) is 5.02 Å². The summed E-state index contributed by atoms with van der Waals surface area (Å²) in [5.41, 5.74) is 1.63. The minimum atomic E-state index is -0.518. The van der Waals surface area contributed by atoms with E-state index in [1.807, 2.05) is 4.90 Å². The molecule has 3 fully saturated rings. The zero-order chi connectivity index (χ0) is 29.2. The van der Waals surface area contributed by atoms with Gasteiger partial charge in [-0.2, -0.15) is 0 Å². The van der Waals surface area contributed by atoms with Gasteiger partial charge in [0.15, 0.2) is 0 Å². The number of ether oxygens (including phenoxy) is 2. The maximum absolute atomic E-state index is 13.7. The van der Waals surface area contributed by atoms with Crippen molar-refractivity contribution in [3.8, 4) is 5.75 Å². The first-order valence-corrected chi connectivity index (χ1v) is 14.5. The summed E-state index contributed by atoms with van der Waals surface area (Å²) in [5, 5.41) is 6.75. The highest BCUT2D eigenvalue weighted by Crippen LogP contribution is 2.38. The van der Waals surface area contributed by atoms with Gasteiger partial charge in [0, 0.05) is 62.7 Å². The average molecular weight is 595 g/mol. The largest absolute Gasteiger partial charge is 0.488 e. The summed E-state index contributed by atoms with van der Waals surface area (Å²) >= 11 is 5.97. The molecule has 2 amide bonds. The first-order chi connectivity index (χ1) is 20.3. The smallest absolute Gasteiger partial charge is 0.248 e. The van der Waals surface area contributed by atoms with Crippen molar-refractivity contribution in [2.45, 2.75) is 44.0 Å². The summed E-state index contributed by atoms with van der Waals surface area (Å²) in [5.74, 6) is 0.186. The summed E-state index contributed by atoms with van der Waals surface area (Å²) in [6, 6.07) is 7.89. The number of likely N-dealkylation sites (N-methyl/N-ethyl adjacent to an activating group) is 1. The van der Waals surface area contributed by atoms with Crippen LogP contribution in [0.1, 0.15) is 25.7 Å². The number of nitrogens with zero attached hydrogens (tertiary/aromatic N) is 4. The Kier molecular flexibility index (Phi) is 8.23. The molecular weight excluding hydrogens is 563 g/mol. The fraction of sp³-hybridized carbons (Fsp3) is 0.400. The average Bonchev–Trinajstić information content (AvgIpc) is 3.31. The fourth-order valence-electron chi connectivity index (χ4n) is 5.62. The van der Waals surface area contributed by atoms with Crippen LogP contribution in [-0.2, 0) is 14.3 Å². The maximum atomic E-state index is 13.7. The molecular formula is C30H32ClFN6O4. The molecule has 0 aliphatic carbocycles. The van der Waals surface area contributed by atoms with Crippen LogP contribution < -0.4 is 15.4 Å². The third-order valence-electron chi connectivity index (χ3n) is 7.89. The Hall–Kier alpha value is -3.80. The molecule has 10 nitrogen and oxygen atoms in total. The zero-order valence-electron chi connectivity index (χ0n) is 23.2. The van der Waals surface area contributed by atoms with Crippen LogP contribution in [0, 0.1) is 5.82 Å². The van der Waals surface area contributed by atoms with E-state index in [1.165, 1.54) is 24.5 Å². The molecule has 3 aliphatic heterocycles. The van der Waals surface area contributed by atoms with E-state index >= 15 is 0 Å². The van der Waals surface area contributed by atoms with E-state index in [4.69, 9.17) is 21.1 Å². The first-order valence-electron chi connectivity index (χ1n) is 14.1. The molecule has 0 spiro atoms. The fourth-order valence-corrected chi connectivity index (χ4v) is 5.80. The molecule has 2 bridgehead atoms. The molecule has 42 heavy (non-hydrogen) atoms. The molecule has 3 aromatic rings. The summed E-state index contributed by atoms with van der Waals surface area (Å²) < 4.78 is 26.2. The number of aromatic nitrogens is 2. The number of rotatable bonds is 8. The standard InChI is InChI=1S/C30H32ClFN6O4/c1-37-9-10-38(16-29(37)40)8-2-3-28(39)36-26-14-22-25(15-27(26)42-21-12-19-5-6-20(13-21)41-19)33-17-34-30(22)35-18-4-7-24(32)23(31)11-18/h2-4,7,11,14-15,17,19-21H,5-6,8-10,12-13,16H2,1H3,(H,36,39)(H,33,34,35)/b3-2+. The van der Waals surface area contributed by atoms with Gasteiger partial charge >= 0.3 is 0 Å². The number of hydrogen-bond acceptors (Lipinski definition) is 8. The van der Waals surface area contributed by atoms with Crippen molar-refractivity contribution >= 4 is 51.5 Å². The van der Waals surface area contributed by atoms with E-state index in [0.29, 0.717) is 53.5 Å². The second kappa shape index (κ2) is 12.2. The number of fused-ring (bicyclic) bond motifs is 3. The van der Waals surface area contributed by atoms with Crippen molar-refractivity contribution in [3.63, 3.8) is 0 Å². The Labute approximate surface area is 247 Å². The molecule has 2 atom stereocenters. The van der Waals surface area contributed by atoms with Crippen molar-refractivity contribution in [2.24, 2.45) is 0 Å². The molecule has 0 radical (unpaired) electrons. The summed E-state index contributed by atoms with van der Waals surface area (Å²) in [6.45, 7) is 2.22. The number of benzene rings is 2. The van der Waals surface area contributed by atoms with Gasteiger partial charge in [0.1, 0.15) is 29.8 Å². The van der Waals surface area contributed by atoms with Crippen LogP contribution in [0.15, 0.2) is 48.8 Å². The lowest BCUT2D eigenvalue weighted by Gasteiger charge is -2.31. The van der Waals surface area contributed by atoms with Crippen molar-refractivity contribution in [2.75, 3.05) is 43.9 Å². The highest BCUT2D eigenvalue weighted by molar-refractivity contribution is 6.31. The van der Waals surface area contributed by atoms with Gasteiger partial charge in [0.05, 0.1) is 35.0 Å². The van der Waals surface area contributed by atoms with Crippen LogP contribution in [-0.4, -0.2) is 83.1 Å². The summed E-state index contributed by atoms with van der Waals surface area (Å²) in [6.07, 6.45) is 8.62. The van der Waals surface area contributed by atoms with Gasteiger partial charge in [0.25, 0.3) is 0 Å². The number of halogens is 2. The molecule has 2 unspecified atom stereocenters. The molecule has 2 aromatic carbocycles. The van der Waals surface area contributed by atoms with Gasteiger partial charge in [-0.05, 0) is 37.1 Å². The van der Waals surface area contributed by atoms with E-state index in [-0.39, 0.29) is 35.1 Å². The monoisotopic (exact) mass is 594 g/mol. The first kappa shape index (κ1) is 28.3. The summed E-state index contributed by atoms with van der Waals surface area (Å²) in [7, 11) is 1.79. The van der Waals surface area contributed by atoms with E-state index in [1.54, 1.807) is 36.2 Å². The van der Waals surface area contributed by atoms with Crippen LogP contribution in [0.4, 0.5) is 21.6 Å². The number of amides is 2. The lowest BCUT2D eigenvalue weighted by molar-refractivity contribution is -0.134. The molecule has 2 N–H and O–H groups in total. The van der Waals surface area contributed by atoms with Gasteiger partial charge in [-0.25, -0.2) is 14.4 Å². The maximum Gasteiger partial charge on any atom is 0.248 e. The van der Waals surface area contributed by atoms with Crippen LogP contribution in [0.3, 0.4) is 0 Å². The second-order valence-electron chi connectivity index (χ2n) is 11.0. The van der Waals surface area contributed by atoms with Crippen LogP contribution in [0.5, 0.6) is 5.75 Å². The van der Waals surface area contributed by atoms with E-state index in [9.17, 15) is 14.0 Å². The molecule has 12 heteroatoms. The molecule has 3 aliphatic rings. The molecule has 220 valence electrons. The zero-order valence-corrected chi connectivity index (χ0v) is 23.9. The third-order valence-corrected chi connectivity index (χ3v) is 8.18. The second-order valence-corrected chi connectivity index (χ2v) is 11.4. The Morgan fingerprint density at radius 3 is 2.76 bits per heavy atom. The number of piperazine rings is 1. The molecule has 3 saturated heterocycles. The Morgan fingerprint density at radius 1 is 1.19 bits per heavy atom. The minimum absolute atomic E-state index is 0.0137. The quantitative estimate of drug-likeness (QED) is 0.367. The van der Waals surface area contributed by atoms with Gasteiger partial charge in [-0.1, -0.05) is 17.7 Å². The van der Waals surface area contributed by atoms with Gasteiger partial charge in [-0.15, -0.1) is 0 Å². The molecule has 1 aromatic heterocycles. The molecule has 6 rings (SSSR count). The highest BCUT2D eigenvalue weighted by atomic mass is 35.5. The Balaban J connectivity index is 1.25. The van der Waals surface area contributed by atoms with Gasteiger partial charge < -0.3 is 25.0 Å². The molecule has 0 saturated carbocycles. The molecule has 4 heterocycles. The van der Waals surface area contributed by atoms with Crippen molar-refractivity contribution in [1.29, 1.82) is 0 Å². The number of carbonyl (C=O) groups is 2. The summed E-state index contributed by atoms with van der Waals surface area (Å²) in [4.78, 5) is 37.6. The predicted octanol–water partition coefficient (Wildman–Crippen LogP) is 4.52. The van der Waals surface area contributed by atoms with Crippen molar-refractivity contribution in [1.82, 2.24) is 19.8 Å². The van der Waals surface area contributed by atoms with Crippen LogP contribution in [0.25, 0.3) is 10.9 Å². The van der Waals surface area contributed by atoms with Crippen molar-refractivity contribution in [3.05, 3.63) is 59.7 Å². The number of hydrogen-bond donors (Lipinski definition) is 2. The number of carbonyl (C=O) groups excluding carboxylic acids is 2. The minimum Gasteiger partial charge on any atom is -0.488 e. The lowest BCUT2D eigenvalue weighted by Crippen LogP contribution is -2.48. The number of anilines is 3. The van der Waals surface area contributed by atoms with E-state index < -0.39 is 5.82 Å². The van der Waals surface area contributed by atoms with Gasteiger partial charge in [-0.3, -0.25) is 14.5 Å². The third kappa shape index (κ3) is 6.48. The Bertz CT molecular complexity index is 1530. The predicted molar refractivity (Wildman–Crippen MR) is 158 cm³/mol. The van der Waals surface area contributed by atoms with Crippen LogP contribution >= 0.6 is 11.6 Å². The van der Waals surface area contributed by atoms with Crippen molar-refractivity contribution < 1.29 is 23.5 Å². The lowest BCUT2D eigenvalue weighted by atomic mass is 10.1. The highest BCUT2D eigenvalue weighted by Gasteiger charge is 2.36. The SMILES string of the molecule is CN1CCN(C/C=C/C(=O)Nc2cc3c(Nc4ccc(F)c(Cl)c4)ncnc3cc2OC2CC3CCC(C2)O3)CC1=O. The normalized spacial score (nSPS) is 22.6. The van der Waals surface area contributed by atoms with E-state index in [2.05, 4.69) is 20.6 Å². The topological polar surface area (TPSA) is 109 Å². The van der Waals surface area contributed by atoms with E-state index in [0.717, 1.165) is 32.2 Å². The van der Waals surface area contributed by atoms with Gasteiger partial charge in [0.2, 0.25) is 11.8 Å². The number of nitrogens with one attached hydrogen (secondary N) is 2. The Morgan fingerprint density at radius 2 is 2.00 bits per heavy atom.